The summed E-state index contributed by atoms with van der Waals surface area (Å²) in [7, 11) is 1.60. The number of nitrogens with one attached hydrogen (secondary N) is 1. The van der Waals surface area contributed by atoms with E-state index < -0.39 is 0 Å². The Morgan fingerprint density at radius 3 is 3.14 bits per heavy atom. The van der Waals surface area contributed by atoms with Crippen LogP contribution in [-0.2, 0) is 6.42 Å². The third kappa shape index (κ3) is 1.29. The van der Waals surface area contributed by atoms with Crippen LogP contribution in [0.1, 0.15) is 5.82 Å². The van der Waals surface area contributed by atoms with Gasteiger partial charge in [-0.15, -0.1) is 0 Å². The van der Waals surface area contributed by atoms with Crippen molar-refractivity contribution in [3.05, 3.63) is 24.0 Å². The van der Waals surface area contributed by atoms with Gasteiger partial charge in [0.05, 0.1) is 25.1 Å². The number of fused-ring (bicyclic) bond motifs is 1. The molecular formula is C10H9N3O. The maximum Gasteiger partial charge on any atom is 0.146 e. The Morgan fingerprint density at radius 1 is 1.57 bits per heavy atom. The molecule has 4 nitrogen and oxygen atoms in total. The molecule has 1 heterocycles. The first-order chi connectivity index (χ1) is 6.85. The second-order valence-corrected chi connectivity index (χ2v) is 2.87. The van der Waals surface area contributed by atoms with Crippen molar-refractivity contribution < 1.29 is 4.74 Å². The molecule has 4 heteroatoms. The van der Waals surface area contributed by atoms with Gasteiger partial charge in [0.2, 0.25) is 0 Å². The summed E-state index contributed by atoms with van der Waals surface area (Å²) in [6, 6.07) is 7.69. The molecule has 14 heavy (non-hydrogen) atoms. The van der Waals surface area contributed by atoms with E-state index in [4.69, 9.17) is 10.00 Å². The van der Waals surface area contributed by atoms with E-state index in [-0.39, 0.29) is 6.42 Å². The van der Waals surface area contributed by atoms with Crippen molar-refractivity contribution in [2.45, 2.75) is 6.42 Å². The third-order valence-electron chi connectivity index (χ3n) is 1.99. The average Bonchev–Trinajstić information content (AvgIpc) is 2.60. The van der Waals surface area contributed by atoms with Gasteiger partial charge in [-0.1, -0.05) is 6.07 Å². The van der Waals surface area contributed by atoms with Crippen LogP contribution in [0.4, 0.5) is 0 Å². The molecule has 0 atom stereocenters. The molecule has 0 radical (unpaired) electrons. The highest BCUT2D eigenvalue weighted by Crippen LogP contribution is 2.22. The Bertz CT molecular complexity index is 496. The van der Waals surface area contributed by atoms with E-state index in [9.17, 15) is 0 Å². The zero-order valence-electron chi connectivity index (χ0n) is 7.74. The van der Waals surface area contributed by atoms with Crippen molar-refractivity contribution >= 4 is 11.0 Å². The maximum absolute atomic E-state index is 8.53. The summed E-state index contributed by atoms with van der Waals surface area (Å²) < 4.78 is 5.15. The Kier molecular flexibility index (Phi) is 2.07. The Labute approximate surface area is 81.1 Å². The number of aromatic amines is 1. The van der Waals surface area contributed by atoms with Crippen molar-refractivity contribution in [3.63, 3.8) is 0 Å². The number of nitriles is 1. The number of H-pyrrole nitrogens is 1. The van der Waals surface area contributed by atoms with Gasteiger partial charge in [0, 0.05) is 0 Å². The monoisotopic (exact) mass is 187 g/mol. The minimum absolute atomic E-state index is 0.290. The summed E-state index contributed by atoms with van der Waals surface area (Å²) in [4.78, 5) is 7.33. The number of hydrogen-bond donors (Lipinski definition) is 1. The zero-order valence-corrected chi connectivity index (χ0v) is 7.74. The van der Waals surface area contributed by atoms with Crippen LogP contribution in [0.3, 0.4) is 0 Å². The molecule has 0 aliphatic rings. The Hall–Kier alpha value is -2.02. The molecular weight excluding hydrogens is 178 g/mol. The molecule has 0 amide bonds. The molecule has 0 saturated carbocycles. The molecule has 0 unspecified atom stereocenters. The molecule has 2 aromatic rings. The van der Waals surface area contributed by atoms with Crippen LogP contribution in [0.5, 0.6) is 5.75 Å². The fourth-order valence-corrected chi connectivity index (χ4v) is 1.38. The topological polar surface area (TPSA) is 61.7 Å². The highest BCUT2D eigenvalue weighted by atomic mass is 16.5. The number of aromatic nitrogens is 2. The minimum Gasteiger partial charge on any atom is -0.494 e. The lowest BCUT2D eigenvalue weighted by Crippen LogP contribution is -1.84. The average molecular weight is 187 g/mol. The molecule has 1 aromatic heterocycles. The molecule has 0 aliphatic heterocycles. The molecule has 2 rings (SSSR count). The fraction of sp³-hybridized carbons (Fsp3) is 0.200. The van der Waals surface area contributed by atoms with E-state index in [1.807, 2.05) is 24.3 Å². The smallest absolute Gasteiger partial charge is 0.146 e. The molecule has 0 bridgehead atoms. The number of hydrogen-bond acceptors (Lipinski definition) is 3. The van der Waals surface area contributed by atoms with Gasteiger partial charge >= 0.3 is 0 Å². The molecule has 0 fully saturated rings. The van der Waals surface area contributed by atoms with E-state index in [1.165, 1.54) is 0 Å². The number of para-hydroxylation sites is 1. The van der Waals surface area contributed by atoms with Gasteiger partial charge in [-0.05, 0) is 12.1 Å². The molecule has 1 N–H and O–H groups in total. The van der Waals surface area contributed by atoms with Gasteiger partial charge in [-0.2, -0.15) is 5.26 Å². The summed E-state index contributed by atoms with van der Waals surface area (Å²) in [5.74, 6) is 1.40. The first kappa shape index (κ1) is 8.57. The van der Waals surface area contributed by atoms with Gasteiger partial charge in [-0.25, -0.2) is 4.98 Å². The summed E-state index contributed by atoms with van der Waals surface area (Å²) >= 11 is 0. The van der Waals surface area contributed by atoms with Gasteiger partial charge < -0.3 is 9.72 Å². The summed E-state index contributed by atoms with van der Waals surface area (Å²) in [5, 5.41) is 8.53. The van der Waals surface area contributed by atoms with Gasteiger partial charge in [-0.3, -0.25) is 0 Å². The highest BCUT2D eigenvalue weighted by Gasteiger charge is 2.06. The third-order valence-corrected chi connectivity index (χ3v) is 1.99. The second-order valence-electron chi connectivity index (χ2n) is 2.87. The van der Waals surface area contributed by atoms with E-state index in [1.54, 1.807) is 7.11 Å². The van der Waals surface area contributed by atoms with Crippen molar-refractivity contribution in [2.24, 2.45) is 0 Å². The van der Waals surface area contributed by atoms with Crippen LogP contribution in [0.25, 0.3) is 11.0 Å². The van der Waals surface area contributed by atoms with Gasteiger partial charge in [0.1, 0.15) is 17.1 Å². The minimum atomic E-state index is 0.290. The number of rotatable bonds is 2. The Morgan fingerprint density at radius 2 is 2.43 bits per heavy atom. The van der Waals surface area contributed by atoms with Crippen LogP contribution in [0.2, 0.25) is 0 Å². The van der Waals surface area contributed by atoms with E-state index in [0.29, 0.717) is 5.82 Å². The van der Waals surface area contributed by atoms with Crippen molar-refractivity contribution in [3.8, 4) is 11.8 Å². The number of benzene rings is 1. The normalized spacial score (nSPS) is 10.0. The van der Waals surface area contributed by atoms with Crippen molar-refractivity contribution in [1.29, 1.82) is 5.26 Å². The zero-order chi connectivity index (χ0) is 9.97. The van der Waals surface area contributed by atoms with Crippen LogP contribution in [-0.4, -0.2) is 17.1 Å². The van der Waals surface area contributed by atoms with Crippen molar-refractivity contribution in [1.82, 2.24) is 9.97 Å². The first-order valence-corrected chi connectivity index (χ1v) is 4.23. The number of imidazole rings is 1. The largest absolute Gasteiger partial charge is 0.494 e. The number of ether oxygens (including phenoxy) is 1. The molecule has 0 saturated heterocycles. The molecule has 0 aliphatic carbocycles. The number of methoxy groups -OCH3 is 1. The van der Waals surface area contributed by atoms with E-state index in [2.05, 4.69) is 9.97 Å². The van der Waals surface area contributed by atoms with E-state index in [0.717, 1.165) is 16.8 Å². The lowest BCUT2D eigenvalue weighted by atomic mass is 10.3. The van der Waals surface area contributed by atoms with Crippen LogP contribution in [0, 0.1) is 11.3 Å². The standard InChI is InChI=1S/C10H9N3O/c1-14-8-4-2-3-7-10(8)13-9(12-7)5-6-11/h2-4H,5H2,1H3,(H,12,13). The molecule has 70 valence electrons. The lowest BCUT2D eigenvalue weighted by Gasteiger charge is -1.97. The van der Waals surface area contributed by atoms with Gasteiger partial charge in [0.15, 0.2) is 0 Å². The highest BCUT2D eigenvalue weighted by molar-refractivity contribution is 5.81. The molecule has 0 spiro atoms. The van der Waals surface area contributed by atoms with Crippen LogP contribution >= 0.6 is 0 Å². The predicted octanol–water partition coefficient (Wildman–Crippen LogP) is 1.64. The second kappa shape index (κ2) is 3.38. The van der Waals surface area contributed by atoms with E-state index >= 15 is 0 Å². The van der Waals surface area contributed by atoms with Gasteiger partial charge in [0.25, 0.3) is 0 Å². The van der Waals surface area contributed by atoms with Crippen molar-refractivity contribution in [2.75, 3.05) is 7.11 Å². The Balaban J connectivity index is 2.59. The maximum atomic E-state index is 8.53. The predicted molar refractivity (Wildman–Crippen MR) is 52.0 cm³/mol. The molecule has 1 aromatic carbocycles. The fourth-order valence-electron chi connectivity index (χ4n) is 1.38. The quantitative estimate of drug-likeness (QED) is 0.777. The SMILES string of the molecule is COc1cccc2[nH]c(CC#N)nc12. The first-order valence-electron chi connectivity index (χ1n) is 4.23. The van der Waals surface area contributed by atoms with Crippen LogP contribution in [0.15, 0.2) is 18.2 Å². The summed E-state index contributed by atoms with van der Waals surface area (Å²) in [6.45, 7) is 0. The van der Waals surface area contributed by atoms with Crippen LogP contribution < -0.4 is 4.74 Å². The lowest BCUT2D eigenvalue weighted by molar-refractivity contribution is 0.419. The number of nitrogens with zero attached hydrogens (tertiary/aromatic N) is 2. The summed E-state index contributed by atoms with van der Waals surface area (Å²) in [5.41, 5.74) is 1.68. The summed E-state index contributed by atoms with van der Waals surface area (Å²) in [6.07, 6.45) is 0.290.